The van der Waals surface area contributed by atoms with Crippen molar-refractivity contribution >= 4 is 51.9 Å². The van der Waals surface area contributed by atoms with Gasteiger partial charge in [-0.15, -0.1) is 7.42 Å². The Bertz CT molecular complexity index is 1360. The molecule has 0 atom stereocenters. The van der Waals surface area contributed by atoms with Crippen LogP contribution >= 0.6 is 0 Å². The number of fused-ring (bicyclic) bond motifs is 2. The van der Waals surface area contributed by atoms with Crippen molar-refractivity contribution in [3.05, 3.63) is 48.5 Å². The molecule has 16 heteroatoms. The molecule has 0 unspecified atom stereocenters. The van der Waals surface area contributed by atoms with E-state index in [1.807, 2.05) is 0 Å². The molecule has 2 amide bonds. The van der Waals surface area contributed by atoms with Crippen molar-refractivity contribution in [2.45, 2.75) is 19.6 Å². The number of benzene rings is 2. The standard InChI is InChI=1S/C14H8N2O10S4/c17-13(15-27(19,20)9-5-1-2-6-10(9)28(15,21)22)14(18)16-29(23,24)11-7-3-4-8-12(11)30(16,25)26/h1-8H. The molecule has 0 aromatic heterocycles. The van der Waals surface area contributed by atoms with Crippen LogP contribution in [0.2, 0.25) is 0 Å². The van der Waals surface area contributed by atoms with Gasteiger partial charge in [-0.1, -0.05) is 24.3 Å². The first-order valence-electron chi connectivity index (χ1n) is 7.64. The number of nitrogens with zero attached hydrogens (tertiary/aromatic N) is 2. The van der Waals surface area contributed by atoms with E-state index in [1.165, 1.54) is 0 Å². The van der Waals surface area contributed by atoms with Gasteiger partial charge in [-0.3, -0.25) is 9.59 Å². The quantitative estimate of drug-likeness (QED) is 0.407. The summed E-state index contributed by atoms with van der Waals surface area (Å²) >= 11 is 0. The zero-order valence-electron chi connectivity index (χ0n) is 14.2. The van der Waals surface area contributed by atoms with Crippen LogP contribution in [0, 0.1) is 0 Å². The number of carbonyl (C=O) groups is 2. The van der Waals surface area contributed by atoms with Gasteiger partial charge in [-0.25, -0.2) is 0 Å². The van der Waals surface area contributed by atoms with Gasteiger partial charge in [0.05, 0.1) is 0 Å². The van der Waals surface area contributed by atoms with Crippen molar-refractivity contribution in [2.75, 3.05) is 0 Å². The predicted molar refractivity (Wildman–Crippen MR) is 95.3 cm³/mol. The number of sulfonamides is 4. The summed E-state index contributed by atoms with van der Waals surface area (Å²) in [6.45, 7) is 0. The molecular formula is C14H8N2O10S4. The van der Waals surface area contributed by atoms with Crippen molar-refractivity contribution in [3.8, 4) is 0 Å². The molecule has 2 aromatic rings. The summed E-state index contributed by atoms with van der Waals surface area (Å²) in [6.07, 6.45) is 0. The zero-order chi connectivity index (χ0) is 22.3. The molecular weight excluding hydrogens is 484 g/mol. The van der Waals surface area contributed by atoms with E-state index < -0.39 is 78.9 Å². The number of hydrogen-bond acceptors (Lipinski definition) is 10. The number of amides is 2. The lowest BCUT2D eigenvalue weighted by Crippen LogP contribution is -2.49. The minimum Gasteiger partial charge on any atom is -0.261 e. The van der Waals surface area contributed by atoms with Gasteiger partial charge in [0, 0.05) is 0 Å². The Morgan fingerprint density at radius 3 is 0.867 bits per heavy atom. The monoisotopic (exact) mass is 492 g/mol. The maximum Gasteiger partial charge on any atom is 0.342 e. The van der Waals surface area contributed by atoms with Crippen molar-refractivity contribution in [1.29, 1.82) is 0 Å². The molecule has 2 heterocycles. The molecule has 0 fully saturated rings. The van der Waals surface area contributed by atoms with E-state index in [4.69, 9.17) is 0 Å². The van der Waals surface area contributed by atoms with Crippen LogP contribution < -0.4 is 0 Å². The molecule has 30 heavy (non-hydrogen) atoms. The molecule has 12 nitrogen and oxygen atoms in total. The van der Waals surface area contributed by atoms with E-state index in [9.17, 15) is 43.3 Å². The second-order valence-corrected chi connectivity index (χ2v) is 13.4. The van der Waals surface area contributed by atoms with E-state index in [0.29, 0.717) is 0 Å². The third-order valence-corrected chi connectivity index (χ3v) is 12.9. The van der Waals surface area contributed by atoms with E-state index in [0.717, 1.165) is 48.5 Å². The second kappa shape index (κ2) is 5.87. The molecule has 2 aromatic carbocycles. The molecule has 2 aliphatic heterocycles. The van der Waals surface area contributed by atoms with Gasteiger partial charge in [0.25, 0.3) is 40.1 Å². The molecule has 0 saturated heterocycles. The predicted octanol–water partition coefficient (Wildman–Crippen LogP) is -1.17. The Morgan fingerprint density at radius 2 is 0.667 bits per heavy atom. The summed E-state index contributed by atoms with van der Waals surface area (Å²) in [5, 5.41) is 0. The molecule has 0 N–H and O–H groups in total. The highest BCUT2D eigenvalue weighted by Crippen LogP contribution is 2.39. The zero-order valence-corrected chi connectivity index (χ0v) is 17.5. The van der Waals surface area contributed by atoms with Gasteiger partial charge in [-0.2, -0.15) is 33.7 Å². The van der Waals surface area contributed by atoms with E-state index in [2.05, 4.69) is 0 Å². The van der Waals surface area contributed by atoms with Crippen LogP contribution in [0.5, 0.6) is 0 Å². The van der Waals surface area contributed by atoms with E-state index >= 15 is 0 Å². The summed E-state index contributed by atoms with van der Waals surface area (Å²) in [6, 6.07) is 8.08. The summed E-state index contributed by atoms with van der Waals surface area (Å²) < 4.78 is 98.9. The Hall–Kier alpha value is -2.82. The van der Waals surface area contributed by atoms with Gasteiger partial charge in [-0.05, 0) is 24.3 Å². The third kappa shape index (κ3) is 2.35. The molecule has 0 bridgehead atoms. The molecule has 0 aliphatic carbocycles. The minimum atomic E-state index is -5.11. The Labute approximate surface area is 170 Å². The highest BCUT2D eigenvalue weighted by molar-refractivity contribution is 8.08. The molecule has 0 radical (unpaired) electrons. The lowest BCUT2D eigenvalue weighted by molar-refractivity contribution is -0.142. The Kier molecular flexibility index (Phi) is 4.00. The van der Waals surface area contributed by atoms with Gasteiger partial charge in [0.1, 0.15) is 19.6 Å². The van der Waals surface area contributed by atoms with Crippen LogP contribution in [0.25, 0.3) is 0 Å². The first-order chi connectivity index (χ1) is 13.8. The molecule has 0 saturated carbocycles. The largest absolute Gasteiger partial charge is 0.342 e. The average Bonchev–Trinajstić information content (AvgIpc) is 2.93. The lowest BCUT2D eigenvalue weighted by atomic mass is 10.4. The van der Waals surface area contributed by atoms with Crippen LogP contribution in [0.15, 0.2) is 68.1 Å². The first-order valence-corrected chi connectivity index (χ1v) is 13.4. The Balaban J connectivity index is 1.88. The second-order valence-electron chi connectivity index (χ2n) is 5.92. The van der Waals surface area contributed by atoms with Gasteiger partial charge >= 0.3 is 11.8 Å². The van der Waals surface area contributed by atoms with Crippen LogP contribution in [0.1, 0.15) is 0 Å². The van der Waals surface area contributed by atoms with Crippen molar-refractivity contribution in [3.63, 3.8) is 0 Å². The van der Waals surface area contributed by atoms with Crippen LogP contribution in [0.4, 0.5) is 0 Å². The van der Waals surface area contributed by atoms with Gasteiger partial charge < -0.3 is 0 Å². The smallest absolute Gasteiger partial charge is 0.261 e. The van der Waals surface area contributed by atoms with Crippen molar-refractivity contribution < 1.29 is 43.3 Å². The van der Waals surface area contributed by atoms with Crippen molar-refractivity contribution in [2.24, 2.45) is 0 Å². The highest BCUT2D eigenvalue weighted by atomic mass is 32.3. The maximum absolute atomic E-state index is 12.6. The lowest BCUT2D eigenvalue weighted by Gasteiger charge is -2.17. The fraction of sp³-hybridized carbons (Fsp3) is 0. The minimum absolute atomic E-state index is 0.805. The number of rotatable bonds is 0. The van der Waals surface area contributed by atoms with Crippen LogP contribution in [0.3, 0.4) is 0 Å². The summed E-state index contributed by atoms with van der Waals surface area (Å²) in [5.41, 5.74) is 0. The average molecular weight is 492 g/mol. The highest BCUT2D eigenvalue weighted by Gasteiger charge is 2.58. The van der Waals surface area contributed by atoms with Crippen LogP contribution in [-0.4, -0.2) is 52.9 Å². The Morgan fingerprint density at radius 1 is 0.467 bits per heavy atom. The molecule has 0 spiro atoms. The van der Waals surface area contributed by atoms with Crippen molar-refractivity contribution in [1.82, 2.24) is 7.42 Å². The fourth-order valence-corrected chi connectivity index (χ4v) is 11.4. The third-order valence-electron chi connectivity index (χ3n) is 4.20. The summed E-state index contributed by atoms with van der Waals surface area (Å²) in [5.74, 6) is -4.77. The van der Waals surface area contributed by atoms with E-state index in [-0.39, 0.29) is 0 Å². The number of carbonyl (C=O) groups excluding carboxylic acids is 2. The number of hydrogen-bond donors (Lipinski definition) is 0. The topological polar surface area (TPSA) is 177 Å². The fourth-order valence-electron chi connectivity index (χ4n) is 2.96. The van der Waals surface area contributed by atoms with Crippen LogP contribution in [-0.2, 0) is 49.7 Å². The van der Waals surface area contributed by atoms with Gasteiger partial charge in [0.2, 0.25) is 0 Å². The summed E-state index contributed by atoms with van der Waals surface area (Å²) in [4.78, 5) is 21.9. The first kappa shape index (κ1) is 20.5. The molecule has 2 aliphatic rings. The SMILES string of the molecule is O=C(C(=O)N1S(=O)(=O)c2ccccc2S1(=O)=O)N1S(=O)(=O)c2ccccc2S1(=O)=O. The normalized spacial score (nSPS) is 21.6. The molecule has 4 rings (SSSR count). The molecule has 158 valence electrons. The summed E-state index contributed by atoms with van der Waals surface area (Å²) in [7, 11) is -20.4. The van der Waals surface area contributed by atoms with Gasteiger partial charge in [0.15, 0.2) is 0 Å². The van der Waals surface area contributed by atoms with E-state index in [1.54, 1.807) is 0 Å². The maximum atomic E-state index is 12.6.